The van der Waals surface area contributed by atoms with Crippen LogP contribution in [-0.4, -0.2) is 46.8 Å². The maximum absolute atomic E-state index is 12.9. The van der Waals surface area contributed by atoms with Gasteiger partial charge in [0.2, 0.25) is 0 Å². The van der Waals surface area contributed by atoms with Crippen LogP contribution in [0.25, 0.3) is 0 Å². The molecule has 0 saturated carbocycles. The highest BCUT2D eigenvalue weighted by Crippen LogP contribution is 2.35. The number of aliphatic hydroxyl groups is 1. The maximum atomic E-state index is 12.9. The Hall–Kier alpha value is -3.82. The Labute approximate surface area is 229 Å². The minimum atomic E-state index is -0.949. The van der Waals surface area contributed by atoms with E-state index in [9.17, 15) is 24.6 Å². The molecule has 0 aliphatic rings. The average Bonchev–Trinajstić information content (AvgIpc) is 2.88. The molecule has 0 saturated heterocycles. The first-order chi connectivity index (χ1) is 18.1. The predicted octanol–water partition coefficient (Wildman–Crippen LogP) is 4.84. The van der Waals surface area contributed by atoms with Crippen molar-refractivity contribution in [2.45, 2.75) is 33.2 Å². The molecule has 3 aromatic rings. The second-order valence-electron chi connectivity index (χ2n) is 8.95. The lowest BCUT2D eigenvalue weighted by molar-refractivity contribution is -0.137. The summed E-state index contributed by atoms with van der Waals surface area (Å²) >= 11 is 3.39. The summed E-state index contributed by atoms with van der Waals surface area (Å²) in [5.74, 6) is -2.14. The molecule has 3 rings (SSSR count). The van der Waals surface area contributed by atoms with Crippen LogP contribution >= 0.6 is 15.9 Å². The maximum Gasteiger partial charge on any atom is 0.343 e. The lowest BCUT2D eigenvalue weighted by atomic mass is 10.0. The molecule has 198 valence electrons. The quantitative estimate of drug-likeness (QED) is 0.199. The molecule has 2 N–H and O–H groups in total. The number of phenols is 1. The highest BCUT2D eigenvalue weighted by Gasteiger charge is 2.22. The Morgan fingerprint density at radius 2 is 1.74 bits per heavy atom. The SMILES string of the molecule is Cc1cccc(C(=O)Oc2cc(Br)cc(C=NC(Cc3ccc(O)cc3)C(=O)CO)c2OC(=O)C(C)C)c1. The number of aliphatic hydroxyl groups excluding tert-OH is 1. The number of esters is 2. The van der Waals surface area contributed by atoms with Crippen molar-refractivity contribution in [3.8, 4) is 17.2 Å². The van der Waals surface area contributed by atoms with Crippen LogP contribution in [0.4, 0.5) is 0 Å². The summed E-state index contributed by atoms with van der Waals surface area (Å²) in [4.78, 5) is 42.2. The largest absolute Gasteiger partial charge is 0.508 e. The minimum absolute atomic E-state index is 0.00935. The molecule has 0 aliphatic carbocycles. The normalized spacial score (nSPS) is 11.9. The van der Waals surface area contributed by atoms with E-state index in [1.54, 1.807) is 50.2 Å². The number of hydrogen-bond acceptors (Lipinski definition) is 8. The van der Waals surface area contributed by atoms with Gasteiger partial charge in [0.05, 0.1) is 11.5 Å². The van der Waals surface area contributed by atoms with Gasteiger partial charge in [0.1, 0.15) is 18.4 Å². The second kappa shape index (κ2) is 13.1. The lowest BCUT2D eigenvalue weighted by Crippen LogP contribution is -2.24. The Balaban J connectivity index is 2.01. The van der Waals surface area contributed by atoms with E-state index in [2.05, 4.69) is 20.9 Å². The van der Waals surface area contributed by atoms with Crippen LogP contribution in [-0.2, 0) is 16.0 Å². The molecule has 1 atom stereocenters. The van der Waals surface area contributed by atoms with Crippen LogP contribution in [0.1, 0.15) is 40.9 Å². The van der Waals surface area contributed by atoms with E-state index in [0.29, 0.717) is 10.0 Å². The molecule has 0 bridgehead atoms. The van der Waals surface area contributed by atoms with Crippen molar-refractivity contribution >= 4 is 39.9 Å². The van der Waals surface area contributed by atoms with Gasteiger partial charge in [0.25, 0.3) is 0 Å². The van der Waals surface area contributed by atoms with E-state index >= 15 is 0 Å². The Morgan fingerprint density at radius 1 is 1.03 bits per heavy atom. The van der Waals surface area contributed by atoms with Gasteiger partial charge in [0.15, 0.2) is 17.3 Å². The van der Waals surface area contributed by atoms with Crippen LogP contribution in [0.3, 0.4) is 0 Å². The highest BCUT2D eigenvalue weighted by molar-refractivity contribution is 9.10. The van der Waals surface area contributed by atoms with E-state index in [0.717, 1.165) is 11.1 Å². The summed E-state index contributed by atoms with van der Waals surface area (Å²) in [5, 5.41) is 19.0. The summed E-state index contributed by atoms with van der Waals surface area (Å²) in [7, 11) is 0. The summed E-state index contributed by atoms with van der Waals surface area (Å²) in [5.41, 5.74) is 2.20. The number of nitrogens with zero attached hydrogens (tertiary/aromatic N) is 1. The molecule has 0 aliphatic heterocycles. The number of aryl methyl sites for hydroxylation is 1. The molecule has 1 unspecified atom stereocenters. The molecular formula is C29H28BrNO7. The number of rotatable bonds is 10. The van der Waals surface area contributed by atoms with Gasteiger partial charge < -0.3 is 19.7 Å². The molecule has 8 nitrogen and oxygen atoms in total. The monoisotopic (exact) mass is 581 g/mol. The van der Waals surface area contributed by atoms with Crippen LogP contribution in [0.2, 0.25) is 0 Å². The second-order valence-corrected chi connectivity index (χ2v) is 9.86. The van der Waals surface area contributed by atoms with E-state index in [-0.39, 0.29) is 29.2 Å². The molecule has 0 heterocycles. The smallest absolute Gasteiger partial charge is 0.343 e. The van der Waals surface area contributed by atoms with Crippen molar-refractivity contribution in [3.63, 3.8) is 0 Å². The van der Waals surface area contributed by atoms with E-state index in [1.807, 2.05) is 13.0 Å². The number of ether oxygens (including phenoxy) is 2. The summed E-state index contributed by atoms with van der Waals surface area (Å²) in [6.07, 6.45) is 1.51. The van der Waals surface area contributed by atoms with Gasteiger partial charge in [0, 0.05) is 22.7 Å². The molecule has 0 fully saturated rings. The Morgan fingerprint density at radius 3 is 2.37 bits per heavy atom. The van der Waals surface area contributed by atoms with Gasteiger partial charge in [-0.1, -0.05) is 59.6 Å². The number of halogens is 1. The fraction of sp³-hybridized carbons (Fsp3) is 0.241. The van der Waals surface area contributed by atoms with Crippen LogP contribution < -0.4 is 9.47 Å². The molecular weight excluding hydrogens is 554 g/mol. The van der Waals surface area contributed by atoms with Gasteiger partial charge >= 0.3 is 11.9 Å². The number of hydrogen-bond donors (Lipinski definition) is 2. The van der Waals surface area contributed by atoms with Gasteiger partial charge in [-0.05, 0) is 48.9 Å². The molecule has 38 heavy (non-hydrogen) atoms. The number of carbonyl (C=O) groups is 3. The van der Waals surface area contributed by atoms with Crippen LogP contribution in [0.15, 0.2) is 70.1 Å². The fourth-order valence-electron chi connectivity index (χ4n) is 3.40. The molecule has 0 aromatic heterocycles. The van der Waals surface area contributed by atoms with Crippen molar-refractivity contribution in [1.82, 2.24) is 0 Å². The topological polar surface area (TPSA) is 122 Å². The third-order valence-corrected chi connectivity index (χ3v) is 5.92. The number of benzene rings is 3. The highest BCUT2D eigenvalue weighted by atomic mass is 79.9. The summed E-state index contributed by atoms with van der Waals surface area (Å²) in [6.45, 7) is 4.47. The molecule has 0 radical (unpaired) electrons. The van der Waals surface area contributed by atoms with Gasteiger partial charge in [-0.25, -0.2) is 4.79 Å². The van der Waals surface area contributed by atoms with Crippen molar-refractivity contribution in [2.75, 3.05) is 6.61 Å². The first-order valence-corrected chi connectivity index (χ1v) is 12.7. The third kappa shape index (κ3) is 7.84. The standard InChI is InChI=1S/C29H28BrNO7/c1-17(2)28(35)38-27-21(15-31-24(25(34)16-32)12-19-7-9-23(33)10-8-19)13-22(30)14-26(27)37-29(36)20-6-4-5-18(3)11-20/h4-11,13-15,17,24,32-33H,12,16H2,1-3H3. The number of ketones is 1. The summed E-state index contributed by atoms with van der Waals surface area (Å²) in [6, 6.07) is 15.3. The zero-order chi connectivity index (χ0) is 27.8. The van der Waals surface area contributed by atoms with Crippen LogP contribution in [0, 0.1) is 12.8 Å². The lowest BCUT2D eigenvalue weighted by Gasteiger charge is -2.16. The fourth-order valence-corrected chi connectivity index (χ4v) is 3.85. The Bertz CT molecular complexity index is 1350. The zero-order valence-electron chi connectivity index (χ0n) is 21.2. The van der Waals surface area contributed by atoms with Gasteiger partial charge in [-0.3, -0.25) is 14.6 Å². The van der Waals surface area contributed by atoms with Gasteiger partial charge in [-0.15, -0.1) is 0 Å². The number of carbonyl (C=O) groups excluding carboxylic acids is 3. The van der Waals surface area contributed by atoms with Crippen LogP contribution in [0.5, 0.6) is 17.2 Å². The zero-order valence-corrected chi connectivity index (χ0v) is 22.8. The predicted molar refractivity (Wildman–Crippen MR) is 146 cm³/mol. The first-order valence-electron chi connectivity index (χ1n) is 11.9. The van der Waals surface area contributed by atoms with Crippen molar-refractivity contribution in [3.05, 3.63) is 87.4 Å². The van der Waals surface area contributed by atoms with E-state index in [4.69, 9.17) is 9.47 Å². The molecule has 9 heteroatoms. The molecule has 0 spiro atoms. The van der Waals surface area contributed by atoms with Crippen molar-refractivity contribution < 1.29 is 34.1 Å². The number of Topliss-reactive ketones (excluding diaryl/α,β-unsaturated/α-hetero) is 1. The number of aliphatic imine (C=N–C) groups is 1. The van der Waals surface area contributed by atoms with Crippen molar-refractivity contribution in [2.24, 2.45) is 10.9 Å². The van der Waals surface area contributed by atoms with Crippen molar-refractivity contribution in [1.29, 1.82) is 0 Å². The average molecular weight is 582 g/mol. The van der Waals surface area contributed by atoms with E-state index in [1.165, 1.54) is 24.4 Å². The molecule has 3 aromatic carbocycles. The third-order valence-electron chi connectivity index (χ3n) is 5.47. The molecule has 0 amide bonds. The summed E-state index contributed by atoms with van der Waals surface area (Å²) < 4.78 is 11.8. The van der Waals surface area contributed by atoms with Gasteiger partial charge in [-0.2, -0.15) is 0 Å². The van der Waals surface area contributed by atoms with E-state index < -0.39 is 36.3 Å². The minimum Gasteiger partial charge on any atom is -0.508 e. The number of phenolic OH excluding ortho intramolecular Hbond substituents is 1. The first kappa shape index (κ1) is 28.7. The Kier molecular flexibility index (Phi) is 9.92. The number of aromatic hydroxyl groups is 1.